The molecule has 10 heteroatoms. The largest absolute Gasteiger partial charge is 0.416 e. The summed E-state index contributed by atoms with van der Waals surface area (Å²) in [5.74, 6) is 0.158. The number of carbonyl (C=O) groups excluding carboxylic acids is 1. The minimum Gasteiger partial charge on any atom is -0.409 e. The van der Waals surface area contributed by atoms with E-state index >= 15 is 0 Å². The fraction of sp³-hybridized carbons (Fsp3) is 0.316. The van der Waals surface area contributed by atoms with Crippen LogP contribution in [0.3, 0.4) is 0 Å². The fourth-order valence-corrected chi connectivity index (χ4v) is 3.19. The maximum absolute atomic E-state index is 13.2. The van der Waals surface area contributed by atoms with E-state index in [9.17, 15) is 18.0 Å². The van der Waals surface area contributed by atoms with Gasteiger partial charge in [-0.15, -0.1) is 0 Å². The van der Waals surface area contributed by atoms with Crippen molar-refractivity contribution >= 4 is 17.7 Å². The number of hydrogen-bond acceptors (Lipinski definition) is 5. The van der Waals surface area contributed by atoms with Crippen LogP contribution in [0.1, 0.15) is 16.7 Å². The minimum atomic E-state index is -4.46. The predicted octanol–water partition coefficient (Wildman–Crippen LogP) is 3.94. The molecule has 152 valence electrons. The third-order valence-electron chi connectivity index (χ3n) is 4.44. The number of aromatic nitrogens is 1. The second-order valence-corrected chi connectivity index (χ2v) is 6.89. The molecule has 3 rings (SSSR count). The summed E-state index contributed by atoms with van der Waals surface area (Å²) in [7, 11) is 0. The van der Waals surface area contributed by atoms with E-state index in [1.807, 2.05) is 11.0 Å². The van der Waals surface area contributed by atoms with Gasteiger partial charge in [-0.05, 0) is 23.8 Å². The average Bonchev–Trinajstić information content (AvgIpc) is 2.67. The molecular formula is C19H16ClF3N4O2. The van der Waals surface area contributed by atoms with E-state index < -0.39 is 17.8 Å². The van der Waals surface area contributed by atoms with Crippen LogP contribution in [0.5, 0.6) is 5.75 Å². The number of carbonyl (C=O) groups is 1. The molecule has 1 aromatic carbocycles. The fourth-order valence-electron chi connectivity index (χ4n) is 3.00. The summed E-state index contributed by atoms with van der Waals surface area (Å²) in [6.45, 7) is 1.44. The lowest BCUT2D eigenvalue weighted by atomic mass is 10.1. The van der Waals surface area contributed by atoms with E-state index in [0.29, 0.717) is 26.2 Å². The van der Waals surface area contributed by atoms with Gasteiger partial charge in [-0.3, -0.25) is 9.88 Å². The van der Waals surface area contributed by atoms with E-state index in [4.69, 9.17) is 21.6 Å². The molecule has 1 aliphatic heterocycles. The molecule has 29 heavy (non-hydrogen) atoms. The number of pyridine rings is 1. The Labute approximate surface area is 170 Å². The predicted molar refractivity (Wildman–Crippen MR) is 98.3 cm³/mol. The number of halogens is 4. The number of amides is 1. The number of benzene rings is 1. The molecule has 0 radical (unpaired) electrons. The summed E-state index contributed by atoms with van der Waals surface area (Å²) in [5, 5.41) is 9.10. The normalized spacial score (nSPS) is 15.1. The number of nitrogens with zero attached hydrogens (tertiary/aromatic N) is 4. The van der Waals surface area contributed by atoms with Crippen LogP contribution in [0.25, 0.3) is 0 Å². The van der Waals surface area contributed by atoms with Crippen LogP contribution < -0.4 is 4.74 Å². The van der Waals surface area contributed by atoms with Crippen molar-refractivity contribution in [1.29, 1.82) is 5.26 Å². The smallest absolute Gasteiger partial charge is 0.409 e. The highest BCUT2D eigenvalue weighted by molar-refractivity contribution is 6.30. The van der Waals surface area contributed by atoms with Gasteiger partial charge in [-0.1, -0.05) is 11.6 Å². The van der Waals surface area contributed by atoms with Crippen molar-refractivity contribution in [3.8, 4) is 11.8 Å². The molecule has 0 saturated carbocycles. The molecule has 0 bridgehead atoms. The summed E-state index contributed by atoms with van der Waals surface area (Å²) in [4.78, 5) is 19.4. The molecule has 0 unspecified atom stereocenters. The molecule has 2 aromatic rings. The molecule has 1 aromatic heterocycles. The Balaban J connectivity index is 1.59. The first-order valence-corrected chi connectivity index (χ1v) is 9.04. The van der Waals surface area contributed by atoms with E-state index in [1.165, 1.54) is 35.5 Å². The Hall–Kier alpha value is -2.83. The van der Waals surface area contributed by atoms with Gasteiger partial charge in [0.25, 0.3) is 0 Å². The molecule has 1 fully saturated rings. The van der Waals surface area contributed by atoms with Crippen LogP contribution in [0.4, 0.5) is 18.0 Å². The SMILES string of the molecule is N#Cc1cncc(OC(=O)N2CCN(Cc3cc(Cl)ccc3C(F)(F)F)CC2)c1. The first-order valence-electron chi connectivity index (χ1n) is 8.66. The lowest BCUT2D eigenvalue weighted by Crippen LogP contribution is -2.49. The van der Waals surface area contributed by atoms with E-state index in [0.717, 1.165) is 6.07 Å². The number of nitriles is 1. The minimum absolute atomic E-state index is 0.0758. The van der Waals surface area contributed by atoms with Crippen molar-refractivity contribution in [2.45, 2.75) is 12.7 Å². The highest BCUT2D eigenvalue weighted by atomic mass is 35.5. The second kappa shape index (κ2) is 8.68. The van der Waals surface area contributed by atoms with E-state index in [1.54, 1.807) is 0 Å². The summed E-state index contributed by atoms with van der Waals surface area (Å²) in [6.07, 6.45) is -2.38. The third-order valence-corrected chi connectivity index (χ3v) is 4.68. The van der Waals surface area contributed by atoms with Crippen LogP contribution in [0, 0.1) is 11.3 Å². The molecule has 6 nitrogen and oxygen atoms in total. The van der Waals surface area contributed by atoms with Crippen LogP contribution >= 0.6 is 11.6 Å². The van der Waals surface area contributed by atoms with Gasteiger partial charge >= 0.3 is 12.3 Å². The van der Waals surface area contributed by atoms with Crippen LogP contribution in [-0.4, -0.2) is 47.1 Å². The van der Waals surface area contributed by atoms with Crippen molar-refractivity contribution in [3.63, 3.8) is 0 Å². The van der Waals surface area contributed by atoms with Crippen molar-refractivity contribution < 1.29 is 22.7 Å². The van der Waals surface area contributed by atoms with Crippen LogP contribution in [-0.2, 0) is 12.7 Å². The van der Waals surface area contributed by atoms with Gasteiger partial charge in [0, 0.05) is 50.0 Å². The lowest BCUT2D eigenvalue weighted by molar-refractivity contribution is -0.138. The maximum atomic E-state index is 13.2. The average molecular weight is 425 g/mol. The van der Waals surface area contributed by atoms with Gasteiger partial charge in [0.2, 0.25) is 0 Å². The Bertz CT molecular complexity index is 938. The summed E-state index contributed by atoms with van der Waals surface area (Å²) >= 11 is 5.87. The van der Waals surface area contributed by atoms with Gasteiger partial charge in [-0.2, -0.15) is 18.4 Å². The Morgan fingerprint density at radius 3 is 2.59 bits per heavy atom. The topological polar surface area (TPSA) is 69.5 Å². The zero-order chi connectivity index (χ0) is 21.0. The van der Waals surface area contributed by atoms with E-state index in [-0.39, 0.29) is 28.4 Å². The van der Waals surface area contributed by atoms with Crippen molar-refractivity contribution in [3.05, 3.63) is 58.4 Å². The molecule has 0 atom stereocenters. The van der Waals surface area contributed by atoms with Gasteiger partial charge in [0.15, 0.2) is 5.75 Å². The van der Waals surface area contributed by atoms with Gasteiger partial charge in [0.05, 0.1) is 17.3 Å². The molecule has 1 aliphatic rings. The highest BCUT2D eigenvalue weighted by Gasteiger charge is 2.34. The van der Waals surface area contributed by atoms with E-state index in [2.05, 4.69) is 4.98 Å². The quantitative estimate of drug-likeness (QED) is 0.746. The zero-order valence-electron chi connectivity index (χ0n) is 15.1. The first-order chi connectivity index (χ1) is 13.8. The first kappa shape index (κ1) is 20.9. The summed E-state index contributed by atoms with van der Waals surface area (Å²) in [6, 6.07) is 6.83. The second-order valence-electron chi connectivity index (χ2n) is 6.45. The Kier molecular flexibility index (Phi) is 6.25. The standard InChI is InChI=1S/C19H16ClF3N4O2/c20-15-1-2-17(19(21,22)23)14(8-15)12-26-3-5-27(6-4-26)18(28)29-16-7-13(9-24)10-25-11-16/h1-2,7-8,10-11H,3-6,12H2. The van der Waals surface area contributed by atoms with Crippen molar-refractivity contribution in [1.82, 2.24) is 14.8 Å². The molecule has 1 amide bonds. The summed E-state index contributed by atoms with van der Waals surface area (Å²) in [5.41, 5.74) is -0.351. The van der Waals surface area contributed by atoms with Gasteiger partial charge in [-0.25, -0.2) is 4.79 Å². The summed E-state index contributed by atoms with van der Waals surface area (Å²) < 4.78 is 44.8. The maximum Gasteiger partial charge on any atom is 0.416 e. The zero-order valence-corrected chi connectivity index (χ0v) is 15.9. The lowest BCUT2D eigenvalue weighted by Gasteiger charge is -2.34. The van der Waals surface area contributed by atoms with Crippen molar-refractivity contribution in [2.75, 3.05) is 26.2 Å². The van der Waals surface area contributed by atoms with Gasteiger partial charge in [0.1, 0.15) is 6.07 Å². The third kappa shape index (κ3) is 5.37. The number of piperazine rings is 1. The molecule has 2 heterocycles. The van der Waals surface area contributed by atoms with Gasteiger partial charge < -0.3 is 9.64 Å². The van der Waals surface area contributed by atoms with Crippen LogP contribution in [0.2, 0.25) is 5.02 Å². The molecule has 0 N–H and O–H groups in total. The molecule has 0 spiro atoms. The van der Waals surface area contributed by atoms with Crippen LogP contribution in [0.15, 0.2) is 36.7 Å². The number of rotatable bonds is 3. The molecular weight excluding hydrogens is 409 g/mol. The Morgan fingerprint density at radius 1 is 1.21 bits per heavy atom. The monoisotopic (exact) mass is 424 g/mol. The highest BCUT2D eigenvalue weighted by Crippen LogP contribution is 2.34. The van der Waals surface area contributed by atoms with Crippen molar-refractivity contribution in [2.24, 2.45) is 0 Å². The number of ether oxygens (including phenoxy) is 1. The number of alkyl halides is 3. The molecule has 1 saturated heterocycles. The Morgan fingerprint density at radius 2 is 1.93 bits per heavy atom. The molecule has 0 aliphatic carbocycles. The number of hydrogen-bond donors (Lipinski definition) is 0.